The van der Waals surface area contributed by atoms with Gasteiger partial charge in [-0.3, -0.25) is 14.8 Å². The van der Waals surface area contributed by atoms with Crippen molar-refractivity contribution in [2.75, 3.05) is 41.7 Å². The first-order valence-corrected chi connectivity index (χ1v) is 13.7. The Bertz CT molecular complexity index is 1450. The zero-order valence-corrected chi connectivity index (χ0v) is 22.1. The fourth-order valence-corrected chi connectivity index (χ4v) is 5.13. The standard InChI is InChI=1S/C28H30N8OS.CH4.3H2/c1-19-15-25(34-33-19)30-24-17-26(36-13-4-14-36)32-28(31-24)38-23-9-7-22(8-10-23)29-27(37)21-6-2-5-20(16-21)18-35-11-3-12-35;;;;/h2,5-10,15-17H,3-4,11-14,18H2,1H3,(H,29,37)(H2,30,31,32,33,34);1H4;3*1H. The number of carbonyl (C=O) groups is 1. The van der Waals surface area contributed by atoms with Gasteiger partial charge in [0.25, 0.3) is 5.91 Å². The van der Waals surface area contributed by atoms with Crippen LogP contribution in [0.5, 0.6) is 0 Å². The second-order valence-corrected chi connectivity index (χ2v) is 10.7. The van der Waals surface area contributed by atoms with Crippen LogP contribution in [0.25, 0.3) is 0 Å². The maximum Gasteiger partial charge on any atom is 0.255 e. The zero-order valence-electron chi connectivity index (χ0n) is 21.3. The number of aryl methyl sites for hydroxylation is 1. The summed E-state index contributed by atoms with van der Waals surface area (Å²) in [6.07, 6.45) is 2.43. The Kier molecular flexibility index (Phi) is 8.13. The van der Waals surface area contributed by atoms with Crippen LogP contribution in [0.1, 0.15) is 46.2 Å². The Labute approximate surface area is 237 Å². The Morgan fingerprint density at radius 2 is 1.79 bits per heavy atom. The third kappa shape index (κ3) is 6.58. The molecule has 4 heterocycles. The van der Waals surface area contributed by atoms with E-state index in [2.05, 4.69) is 36.7 Å². The molecular weight excluding hydrogens is 508 g/mol. The van der Waals surface area contributed by atoms with Gasteiger partial charge in [0.2, 0.25) is 0 Å². The lowest BCUT2D eigenvalue weighted by Crippen LogP contribution is -2.37. The van der Waals surface area contributed by atoms with E-state index in [1.54, 1.807) is 0 Å². The fourth-order valence-electron chi connectivity index (χ4n) is 4.37. The predicted octanol–water partition coefficient (Wildman–Crippen LogP) is 6.45. The number of amides is 1. The number of nitrogens with one attached hydrogen (secondary N) is 3. The number of rotatable bonds is 9. The van der Waals surface area contributed by atoms with Crippen LogP contribution in [-0.4, -0.2) is 57.2 Å². The fraction of sp³-hybridized carbons (Fsp3) is 0.310. The van der Waals surface area contributed by atoms with Crippen molar-refractivity contribution in [3.8, 4) is 0 Å². The van der Waals surface area contributed by atoms with E-state index < -0.39 is 0 Å². The molecule has 9 nitrogen and oxygen atoms in total. The van der Waals surface area contributed by atoms with Crippen molar-refractivity contribution < 1.29 is 9.07 Å². The van der Waals surface area contributed by atoms with Crippen molar-refractivity contribution in [2.45, 2.75) is 43.8 Å². The molecule has 10 heteroatoms. The number of H-pyrrole nitrogens is 1. The normalized spacial score (nSPS) is 14.6. The number of nitrogens with zero attached hydrogens (tertiary/aromatic N) is 5. The average molecular weight is 549 g/mol. The minimum absolute atomic E-state index is 0. The lowest BCUT2D eigenvalue weighted by molar-refractivity contribution is 0.102. The highest BCUT2D eigenvalue weighted by Crippen LogP contribution is 2.31. The molecular formula is C29H40N8OS. The van der Waals surface area contributed by atoms with Gasteiger partial charge in [0.15, 0.2) is 11.0 Å². The van der Waals surface area contributed by atoms with Crippen molar-refractivity contribution in [1.82, 2.24) is 25.1 Å². The summed E-state index contributed by atoms with van der Waals surface area (Å²) in [4.78, 5) is 28.0. The highest BCUT2D eigenvalue weighted by atomic mass is 32.2. The summed E-state index contributed by atoms with van der Waals surface area (Å²) in [5.41, 5.74) is 3.57. The summed E-state index contributed by atoms with van der Waals surface area (Å²) >= 11 is 1.49. The highest BCUT2D eigenvalue weighted by Gasteiger charge is 2.19. The molecule has 2 fully saturated rings. The van der Waals surface area contributed by atoms with Crippen molar-refractivity contribution in [3.05, 3.63) is 77.5 Å². The molecule has 1 amide bonds. The molecule has 0 unspecified atom stereocenters. The number of benzene rings is 2. The molecule has 39 heavy (non-hydrogen) atoms. The van der Waals surface area contributed by atoms with Gasteiger partial charge in [-0.15, -0.1) is 0 Å². The van der Waals surface area contributed by atoms with Crippen LogP contribution in [0.15, 0.2) is 70.7 Å². The molecule has 2 aliphatic rings. The monoisotopic (exact) mass is 548 g/mol. The van der Waals surface area contributed by atoms with E-state index in [4.69, 9.17) is 9.97 Å². The minimum atomic E-state index is -0.106. The molecule has 0 spiro atoms. The van der Waals surface area contributed by atoms with Crippen LogP contribution in [0.4, 0.5) is 23.1 Å². The molecule has 2 aromatic heterocycles. The van der Waals surface area contributed by atoms with Gasteiger partial charge in [-0.05, 0) is 86.6 Å². The topological polar surface area (TPSA) is 102 Å². The number of hydrogen-bond donors (Lipinski definition) is 3. The second kappa shape index (κ2) is 11.9. The predicted molar refractivity (Wildman–Crippen MR) is 163 cm³/mol. The van der Waals surface area contributed by atoms with Gasteiger partial charge in [0.1, 0.15) is 11.6 Å². The third-order valence-electron chi connectivity index (χ3n) is 6.70. The SMILES string of the molecule is C.Cc1cc(Nc2cc(N3CCC3)nc(Sc3ccc(NC(=O)c4cccc(CN5CCC5)c4)cc3)n2)n[nH]1.[HH].[HH].[HH]. The summed E-state index contributed by atoms with van der Waals surface area (Å²) in [7, 11) is 0. The first-order valence-electron chi connectivity index (χ1n) is 12.9. The lowest BCUT2D eigenvalue weighted by Gasteiger charge is -2.32. The minimum Gasteiger partial charge on any atom is -0.356 e. The smallest absolute Gasteiger partial charge is 0.255 e. The largest absolute Gasteiger partial charge is 0.356 e. The quantitative estimate of drug-likeness (QED) is 0.205. The first-order chi connectivity index (χ1) is 18.6. The summed E-state index contributed by atoms with van der Waals surface area (Å²) in [6.45, 7) is 7.12. The van der Waals surface area contributed by atoms with Crippen LogP contribution in [0, 0.1) is 6.92 Å². The van der Waals surface area contributed by atoms with Crippen molar-refractivity contribution in [2.24, 2.45) is 0 Å². The maximum atomic E-state index is 12.9. The molecule has 2 saturated heterocycles. The van der Waals surface area contributed by atoms with Crippen LogP contribution >= 0.6 is 11.8 Å². The number of aromatic nitrogens is 4. The van der Waals surface area contributed by atoms with E-state index in [1.165, 1.54) is 30.2 Å². The van der Waals surface area contributed by atoms with E-state index in [1.807, 2.05) is 61.5 Å². The summed E-state index contributed by atoms with van der Waals surface area (Å²) in [5, 5.41) is 14.1. The van der Waals surface area contributed by atoms with Crippen molar-refractivity contribution in [1.29, 1.82) is 0 Å². The molecule has 208 valence electrons. The molecule has 0 saturated carbocycles. The number of hydrogen-bond acceptors (Lipinski definition) is 8. The van der Waals surface area contributed by atoms with Crippen LogP contribution in [-0.2, 0) is 6.54 Å². The molecule has 2 aliphatic heterocycles. The van der Waals surface area contributed by atoms with Gasteiger partial charge in [-0.25, -0.2) is 9.97 Å². The van der Waals surface area contributed by atoms with Gasteiger partial charge >= 0.3 is 0 Å². The summed E-state index contributed by atoms with van der Waals surface area (Å²) in [5.74, 6) is 2.23. The highest BCUT2D eigenvalue weighted by molar-refractivity contribution is 7.99. The second-order valence-electron chi connectivity index (χ2n) is 9.71. The number of likely N-dealkylation sites (tertiary alicyclic amines) is 1. The van der Waals surface area contributed by atoms with Crippen LogP contribution < -0.4 is 15.5 Å². The van der Waals surface area contributed by atoms with Gasteiger partial charge in [-0.1, -0.05) is 19.6 Å². The molecule has 6 rings (SSSR count). The maximum absolute atomic E-state index is 12.9. The summed E-state index contributed by atoms with van der Waals surface area (Å²) < 4.78 is 0. The molecule has 0 bridgehead atoms. The van der Waals surface area contributed by atoms with E-state index in [9.17, 15) is 4.79 Å². The van der Waals surface area contributed by atoms with E-state index >= 15 is 0 Å². The molecule has 2 aromatic carbocycles. The summed E-state index contributed by atoms with van der Waals surface area (Å²) in [6, 6.07) is 19.6. The number of aromatic amines is 1. The van der Waals surface area contributed by atoms with Crippen molar-refractivity contribution in [3.63, 3.8) is 0 Å². The first kappa shape index (κ1) is 26.7. The molecule has 3 N–H and O–H groups in total. The molecule has 0 radical (unpaired) electrons. The Morgan fingerprint density at radius 3 is 2.46 bits per heavy atom. The third-order valence-corrected chi connectivity index (χ3v) is 7.57. The molecule has 4 aromatic rings. The lowest BCUT2D eigenvalue weighted by atomic mass is 10.1. The van der Waals surface area contributed by atoms with Gasteiger partial charge < -0.3 is 15.5 Å². The van der Waals surface area contributed by atoms with Crippen molar-refractivity contribution >= 4 is 40.8 Å². The van der Waals surface area contributed by atoms with E-state index in [0.29, 0.717) is 16.5 Å². The average Bonchev–Trinajstić information content (AvgIpc) is 3.26. The van der Waals surface area contributed by atoms with Gasteiger partial charge in [0, 0.05) is 57.9 Å². The number of carbonyl (C=O) groups excluding carboxylic acids is 1. The number of anilines is 4. The van der Waals surface area contributed by atoms with Crippen LogP contribution in [0.2, 0.25) is 0 Å². The van der Waals surface area contributed by atoms with E-state index in [-0.39, 0.29) is 17.6 Å². The Morgan fingerprint density at radius 1 is 1.00 bits per heavy atom. The zero-order chi connectivity index (χ0) is 25.9. The molecule has 0 atom stereocenters. The van der Waals surface area contributed by atoms with Crippen LogP contribution in [0.3, 0.4) is 0 Å². The Balaban J connectivity index is 0.00000154. The Hall–Kier alpha value is -3.89. The van der Waals surface area contributed by atoms with Gasteiger partial charge in [0.05, 0.1) is 0 Å². The van der Waals surface area contributed by atoms with Gasteiger partial charge in [-0.2, -0.15) is 5.10 Å². The molecule has 0 aliphatic carbocycles. The van der Waals surface area contributed by atoms with E-state index in [0.717, 1.165) is 60.6 Å².